The molecule has 0 atom stereocenters. The van der Waals surface area contributed by atoms with Gasteiger partial charge in [0.1, 0.15) is 0 Å². The van der Waals surface area contributed by atoms with E-state index in [1.54, 1.807) is 0 Å². The molecule has 0 radical (unpaired) electrons. The summed E-state index contributed by atoms with van der Waals surface area (Å²) in [4.78, 5) is 4.91. The molecule has 1 nitrogen and oxygen atoms in total. The minimum atomic E-state index is 1.26. The summed E-state index contributed by atoms with van der Waals surface area (Å²) in [5.74, 6) is 0. The molecule has 0 saturated carbocycles. The molecule has 0 amide bonds. The SMILES string of the molecule is C/C=C/c1ccc2c(c1)Sc1ccccc1N2C. The Hall–Kier alpha value is -1.67. The zero-order valence-corrected chi connectivity index (χ0v) is 11.4. The fourth-order valence-corrected chi connectivity index (χ4v) is 3.45. The van der Waals surface area contributed by atoms with Crippen LogP contribution in [0, 0.1) is 0 Å². The highest BCUT2D eigenvalue weighted by molar-refractivity contribution is 7.99. The molecule has 1 heterocycles. The van der Waals surface area contributed by atoms with E-state index in [1.165, 1.54) is 26.7 Å². The number of hydrogen-bond acceptors (Lipinski definition) is 2. The van der Waals surface area contributed by atoms with E-state index < -0.39 is 0 Å². The third-order valence-corrected chi connectivity index (χ3v) is 4.26. The predicted octanol–water partition coefficient (Wildman–Crippen LogP) is 4.95. The van der Waals surface area contributed by atoms with Crippen LogP contribution in [0.25, 0.3) is 6.08 Å². The van der Waals surface area contributed by atoms with Gasteiger partial charge in [-0.2, -0.15) is 0 Å². The lowest BCUT2D eigenvalue weighted by Crippen LogP contribution is -2.14. The number of rotatable bonds is 1. The van der Waals surface area contributed by atoms with Crippen molar-refractivity contribution in [3.8, 4) is 0 Å². The number of benzene rings is 2. The van der Waals surface area contributed by atoms with Gasteiger partial charge in [-0.3, -0.25) is 0 Å². The van der Waals surface area contributed by atoms with E-state index in [0.29, 0.717) is 0 Å². The second kappa shape index (κ2) is 4.54. The second-order valence-electron chi connectivity index (χ2n) is 4.36. The number of allylic oxidation sites excluding steroid dienone is 1. The maximum atomic E-state index is 2.26. The Morgan fingerprint density at radius 1 is 1.00 bits per heavy atom. The summed E-state index contributed by atoms with van der Waals surface area (Å²) in [5, 5.41) is 0. The molecule has 0 aromatic heterocycles. The van der Waals surface area contributed by atoms with Crippen LogP contribution >= 0.6 is 11.8 Å². The topological polar surface area (TPSA) is 3.24 Å². The summed E-state index contributed by atoms with van der Waals surface area (Å²) in [6.07, 6.45) is 4.22. The van der Waals surface area contributed by atoms with Gasteiger partial charge in [0.05, 0.1) is 11.4 Å². The molecule has 2 heteroatoms. The van der Waals surface area contributed by atoms with Gasteiger partial charge in [0, 0.05) is 16.8 Å². The highest BCUT2D eigenvalue weighted by atomic mass is 32.2. The van der Waals surface area contributed by atoms with Gasteiger partial charge in [-0.25, -0.2) is 0 Å². The zero-order valence-electron chi connectivity index (χ0n) is 10.6. The number of anilines is 2. The fraction of sp³-hybridized carbons (Fsp3) is 0.125. The van der Waals surface area contributed by atoms with E-state index in [4.69, 9.17) is 0 Å². The fourth-order valence-electron chi connectivity index (χ4n) is 2.25. The van der Waals surface area contributed by atoms with Crippen LogP contribution in [0.3, 0.4) is 0 Å². The first kappa shape index (κ1) is 11.4. The number of fused-ring (bicyclic) bond motifs is 2. The van der Waals surface area contributed by atoms with Crippen LogP contribution in [0.15, 0.2) is 58.3 Å². The Bertz CT molecular complexity index is 616. The Morgan fingerprint density at radius 2 is 1.78 bits per heavy atom. The summed E-state index contributed by atoms with van der Waals surface area (Å²) in [6.45, 7) is 2.05. The van der Waals surface area contributed by atoms with Crippen molar-refractivity contribution in [1.82, 2.24) is 0 Å². The minimum absolute atomic E-state index is 1.26. The minimum Gasteiger partial charge on any atom is -0.343 e. The van der Waals surface area contributed by atoms with E-state index in [0.717, 1.165) is 0 Å². The summed E-state index contributed by atoms with van der Waals surface area (Å²) in [5.41, 5.74) is 3.83. The van der Waals surface area contributed by atoms with Crippen molar-refractivity contribution in [3.05, 3.63) is 54.1 Å². The molecule has 2 aromatic rings. The molecule has 90 valence electrons. The standard InChI is InChI=1S/C16H15NS/c1-3-6-12-9-10-14-16(11-12)18-15-8-5-4-7-13(15)17(14)2/h3-11H,1-2H3/b6-3+. The summed E-state index contributed by atoms with van der Waals surface area (Å²) >= 11 is 1.85. The molecule has 0 spiro atoms. The predicted molar refractivity (Wildman–Crippen MR) is 79.8 cm³/mol. The van der Waals surface area contributed by atoms with Gasteiger partial charge < -0.3 is 4.90 Å². The van der Waals surface area contributed by atoms with E-state index in [9.17, 15) is 0 Å². The normalized spacial score (nSPS) is 13.6. The molecule has 2 aromatic carbocycles. The Morgan fingerprint density at radius 3 is 2.61 bits per heavy atom. The Labute approximate surface area is 112 Å². The summed E-state index contributed by atoms with van der Waals surface area (Å²) < 4.78 is 0. The first-order valence-corrected chi connectivity index (χ1v) is 6.88. The highest BCUT2D eigenvalue weighted by Crippen LogP contribution is 2.47. The van der Waals surface area contributed by atoms with Crippen LogP contribution in [0.4, 0.5) is 11.4 Å². The van der Waals surface area contributed by atoms with Crippen molar-refractivity contribution in [1.29, 1.82) is 0 Å². The van der Waals surface area contributed by atoms with Crippen LogP contribution in [0.5, 0.6) is 0 Å². The molecule has 0 N–H and O–H groups in total. The smallest absolute Gasteiger partial charge is 0.0550 e. The molecule has 0 aliphatic carbocycles. The molecule has 0 unspecified atom stereocenters. The lowest BCUT2D eigenvalue weighted by molar-refractivity contribution is 1.11. The van der Waals surface area contributed by atoms with Crippen LogP contribution in [-0.2, 0) is 0 Å². The second-order valence-corrected chi connectivity index (χ2v) is 5.44. The van der Waals surface area contributed by atoms with Crippen LogP contribution < -0.4 is 4.90 Å². The zero-order chi connectivity index (χ0) is 12.5. The molecule has 18 heavy (non-hydrogen) atoms. The van der Waals surface area contributed by atoms with Crippen molar-refractivity contribution in [2.45, 2.75) is 16.7 Å². The first-order chi connectivity index (χ1) is 8.79. The highest BCUT2D eigenvalue weighted by Gasteiger charge is 2.19. The molecular weight excluding hydrogens is 238 g/mol. The third-order valence-electron chi connectivity index (χ3n) is 3.15. The van der Waals surface area contributed by atoms with Gasteiger partial charge in [-0.15, -0.1) is 0 Å². The van der Waals surface area contributed by atoms with Crippen molar-refractivity contribution < 1.29 is 0 Å². The number of nitrogens with zero attached hydrogens (tertiary/aromatic N) is 1. The molecule has 1 aliphatic rings. The van der Waals surface area contributed by atoms with E-state index >= 15 is 0 Å². The summed E-state index contributed by atoms with van der Waals surface area (Å²) in [7, 11) is 2.13. The van der Waals surface area contributed by atoms with Gasteiger partial charge >= 0.3 is 0 Å². The lowest BCUT2D eigenvalue weighted by Gasteiger charge is -2.29. The van der Waals surface area contributed by atoms with Crippen molar-refractivity contribution in [2.75, 3.05) is 11.9 Å². The molecular formula is C16H15NS. The maximum Gasteiger partial charge on any atom is 0.0550 e. The molecule has 0 bridgehead atoms. The Kier molecular flexibility index (Phi) is 2.88. The van der Waals surface area contributed by atoms with Gasteiger partial charge in [0.15, 0.2) is 0 Å². The van der Waals surface area contributed by atoms with Crippen LogP contribution in [0.2, 0.25) is 0 Å². The number of hydrogen-bond donors (Lipinski definition) is 0. The third kappa shape index (κ3) is 1.83. The lowest BCUT2D eigenvalue weighted by atomic mass is 10.1. The quantitative estimate of drug-likeness (QED) is 0.707. The summed E-state index contributed by atoms with van der Waals surface area (Å²) in [6, 6.07) is 15.2. The van der Waals surface area contributed by atoms with E-state index in [2.05, 4.69) is 66.6 Å². The Balaban J connectivity index is 2.10. The van der Waals surface area contributed by atoms with Crippen molar-refractivity contribution in [3.63, 3.8) is 0 Å². The first-order valence-electron chi connectivity index (χ1n) is 6.07. The van der Waals surface area contributed by atoms with Crippen molar-refractivity contribution in [2.24, 2.45) is 0 Å². The molecule has 1 aliphatic heterocycles. The largest absolute Gasteiger partial charge is 0.343 e. The average Bonchev–Trinajstić information content (AvgIpc) is 2.39. The van der Waals surface area contributed by atoms with Crippen LogP contribution in [0.1, 0.15) is 12.5 Å². The average molecular weight is 253 g/mol. The molecule has 3 rings (SSSR count). The number of para-hydroxylation sites is 1. The van der Waals surface area contributed by atoms with Crippen LogP contribution in [-0.4, -0.2) is 7.05 Å². The van der Waals surface area contributed by atoms with Gasteiger partial charge in [-0.1, -0.05) is 42.1 Å². The van der Waals surface area contributed by atoms with Crippen molar-refractivity contribution >= 4 is 29.2 Å². The molecule has 0 saturated heterocycles. The van der Waals surface area contributed by atoms with Gasteiger partial charge in [0.25, 0.3) is 0 Å². The van der Waals surface area contributed by atoms with Gasteiger partial charge in [0.2, 0.25) is 0 Å². The van der Waals surface area contributed by atoms with E-state index in [1.807, 2.05) is 18.7 Å². The monoisotopic (exact) mass is 253 g/mol. The van der Waals surface area contributed by atoms with E-state index in [-0.39, 0.29) is 0 Å². The maximum absolute atomic E-state index is 2.26. The molecule has 0 fully saturated rings. The van der Waals surface area contributed by atoms with Gasteiger partial charge in [-0.05, 0) is 36.8 Å².